The lowest BCUT2D eigenvalue weighted by atomic mass is 10.1. The second-order valence-electron chi connectivity index (χ2n) is 3.03. The topological polar surface area (TPSA) is 80.9 Å². The molecule has 0 spiro atoms. The van der Waals surface area contributed by atoms with Crippen molar-refractivity contribution in [2.24, 2.45) is 0 Å². The number of halogens is 1. The Kier molecular flexibility index (Phi) is 2.26. The minimum absolute atomic E-state index is 0.0881. The van der Waals surface area contributed by atoms with Crippen molar-refractivity contribution in [2.75, 3.05) is 0 Å². The molecule has 1 heterocycles. The van der Waals surface area contributed by atoms with Gasteiger partial charge in [-0.15, -0.1) is 5.10 Å². The maximum Gasteiger partial charge on any atom is 0.325 e. The fourth-order valence-corrected chi connectivity index (χ4v) is 0.865. The number of rotatable bonds is 3. The van der Waals surface area contributed by atoms with E-state index in [1.54, 1.807) is 0 Å². The van der Waals surface area contributed by atoms with E-state index in [2.05, 4.69) is 15.5 Å². The summed E-state index contributed by atoms with van der Waals surface area (Å²) in [5.74, 6) is -1.20. The van der Waals surface area contributed by atoms with Gasteiger partial charge in [-0.25, -0.2) is 9.07 Å². The Morgan fingerprint density at radius 2 is 2.31 bits per heavy atom. The highest BCUT2D eigenvalue weighted by Gasteiger charge is 2.27. The van der Waals surface area contributed by atoms with E-state index in [1.807, 2.05) is 0 Å². The number of aromatic nitrogens is 4. The average Bonchev–Trinajstić information content (AvgIpc) is 2.31. The number of tetrazole rings is 1. The van der Waals surface area contributed by atoms with Gasteiger partial charge in [-0.3, -0.25) is 4.79 Å². The standard InChI is InChI=1S/C6H9FN4O2/c1-6(2,7)5-8-9-10-11(5)3-4(12)13/h3H2,1-2H3,(H,12,13). The van der Waals surface area contributed by atoms with E-state index >= 15 is 0 Å². The van der Waals surface area contributed by atoms with Gasteiger partial charge in [0.05, 0.1) is 0 Å². The van der Waals surface area contributed by atoms with Crippen molar-refractivity contribution in [1.29, 1.82) is 0 Å². The lowest BCUT2D eigenvalue weighted by Gasteiger charge is -2.11. The number of nitrogens with zero attached hydrogens (tertiary/aromatic N) is 4. The monoisotopic (exact) mass is 188 g/mol. The number of carboxylic acids is 1. The number of aliphatic carboxylic acids is 1. The van der Waals surface area contributed by atoms with Crippen LogP contribution in [0.1, 0.15) is 19.7 Å². The smallest absolute Gasteiger partial charge is 0.325 e. The van der Waals surface area contributed by atoms with Gasteiger partial charge in [-0.1, -0.05) is 0 Å². The van der Waals surface area contributed by atoms with Crippen molar-refractivity contribution in [3.05, 3.63) is 5.82 Å². The van der Waals surface area contributed by atoms with Gasteiger partial charge in [0.15, 0.2) is 11.5 Å². The molecule has 6 nitrogen and oxygen atoms in total. The minimum atomic E-state index is -1.74. The van der Waals surface area contributed by atoms with Crippen LogP contribution in [0.5, 0.6) is 0 Å². The minimum Gasteiger partial charge on any atom is -0.480 e. The molecule has 0 radical (unpaired) electrons. The van der Waals surface area contributed by atoms with Gasteiger partial charge >= 0.3 is 5.97 Å². The van der Waals surface area contributed by atoms with Gasteiger partial charge in [0, 0.05) is 0 Å². The summed E-state index contributed by atoms with van der Waals surface area (Å²) in [5, 5.41) is 18.4. The molecule has 13 heavy (non-hydrogen) atoms. The fraction of sp³-hybridized carbons (Fsp3) is 0.667. The summed E-state index contributed by atoms with van der Waals surface area (Å²) in [7, 11) is 0. The Bertz CT molecular complexity index is 317. The van der Waals surface area contributed by atoms with Crippen molar-refractivity contribution in [3.63, 3.8) is 0 Å². The Morgan fingerprint density at radius 3 is 2.77 bits per heavy atom. The third-order valence-electron chi connectivity index (χ3n) is 1.35. The molecular weight excluding hydrogens is 179 g/mol. The molecule has 0 fully saturated rings. The average molecular weight is 188 g/mol. The lowest BCUT2D eigenvalue weighted by Crippen LogP contribution is -2.21. The molecule has 1 aromatic heterocycles. The Labute approximate surface area is 73.4 Å². The van der Waals surface area contributed by atoms with Gasteiger partial charge in [-0.2, -0.15) is 0 Å². The van der Waals surface area contributed by atoms with Crippen LogP contribution in [-0.2, 0) is 17.0 Å². The number of hydrogen-bond donors (Lipinski definition) is 1. The molecule has 0 amide bonds. The van der Waals surface area contributed by atoms with Gasteiger partial charge < -0.3 is 5.11 Å². The van der Waals surface area contributed by atoms with E-state index in [9.17, 15) is 9.18 Å². The number of carboxylic acid groups (broad SMARTS) is 1. The molecular formula is C6H9FN4O2. The summed E-state index contributed by atoms with van der Waals surface area (Å²) in [6, 6.07) is 0. The normalized spacial score (nSPS) is 11.6. The molecule has 72 valence electrons. The fourth-order valence-electron chi connectivity index (χ4n) is 0.865. The summed E-state index contributed by atoms with van der Waals surface area (Å²) in [4.78, 5) is 10.3. The van der Waals surface area contributed by atoms with E-state index in [1.165, 1.54) is 13.8 Å². The maximum absolute atomic E-state index is 13.3. The summed E-state index contributed by atoms with van der Waals surface area (Å²) in [5.41, 5.74) is -1.74. The molecule has 0 aliphatic rings. The third kappa shape index (κ3) is 2.20. The first-order chi connectivity index (χ1) is 5.91. The molecule has 0 saturated carbocycles. The van der Waals surface area contributed by atoms with Gasteiger partial charge in [-0.05, 0) is 24.3 Å². The highest BCUT2D eigenvalue weighted by atomic mass is 19.1. The second-order valence-corrected chi connectivity index (χ2v) is 3.03. The van der Waals surface area contributed by atoms with Gasteiger partial charge in [0.25, 0.3) is 0 Å². The molecule has 7 heteroatoms. The first-order valence-electron chi connectivity index (χ1n) is 3.58. The maximum atomic E-state index is 13.3. The predicted molar refractivity (Wildman–Crippen MR) is 39.6 cm³/mol. The predicted octanol–water partition coefficient (Wildman–Crippen LogP) is -0.0377. The summed E-state index contributed by atoms with van der Waals surface area (Å²) in [6.45, 7) is 2.09. The largest absolute Gasteiger partial charge is 0.480 e. The molecule has 0 aliphatic carbocycles. The van der Waals surface area contributed by atoms with Crippen LogP contribution in [0.25, 0.3) is 0 Å². The number of carbonyl (C=O) groups is 1. The van der Waals surface area contributed by atoms with Crippen molar-refractivity contribution in [2.45, 2.75) is 26.1 Å². The van der Waals surface area contributed by atoms with Crippen LogP contribution < -0.4 is 0 Å². The van der Waals surface area contributed by atoms with Crippen molar-refractivity contribution >= 4 is 5.97 Å². The molecule has 0 aliphatic heterocycles. The Balaban J connectivity index is 2.96. The van der Waals surface area contributed by atoms with E-state index in [-0.39, 0.29) is 5.82 Å². The zero-order chi connectivity index (χ0) is 10.1. The Morgan fingerprint density at radius 1 is 1.69 bits per heavy atom. The van der Waals surface area contributed by atoms with Crippen molar-refractivity contribution in [1.82, 2.24) is 20.2 Å². The van der Waals surface area contributed by atoms with Crippen LogP contribution in [0.2, 0.25) is 0 Å². The molecule has 1 N–H and O–H groups in total. The number of alkyl halides is 1. The van der Waals surface area contributed by atoms with Crippen molar-refractivity contribution in [3.8, 4) is 0 Å². The summed E-state index contributed by atoms with van der Waals surface area (Å²) in [6.07, 6.45) is 0. The molecule has 0 atom stereocenters. The molecule has 0 unspecified atom stereocenters. The van der Waals surface area contributed by atoms with Crippen LogP contribution in [0, 0.1) is 0 Å². The third-order valence-corrected chi connectivity index (χ3v) is 1.35. The van der Waals surface area contributed by atoms with Crippen LogP contribution in [0.4, 0.5) is 4.39 Å². The summed E-state index contributed by atoms with van der Waals surface area (Å²) < 4.78 is 14.2. The van der Waals surface area contributed by atoms with E-state index in [0.29, 0.717) is 0 Å². The molecule has 1 aromatic rings. The van der Waals surface area contributed by atoms with E-state index in [4.69, 9.17) is 5.11 Å². The molecule has 0 saturated heterocycles. The first kappa shape index (κ1) is 9.56. The van der Waals surface area contributed by atoms with Crippen LogP contribution in [0.15, 0.2) is 0 Å². The number of hydrogen-bond acceptors (Lipinski definition) is 4. The summed E-state index contributed by atoms with van der Waals surface area (Å²) >= 11 is 0. The quantitative estimate of drug-likeness (QED) is 0.719. The van der Waals surface area contributed by atoms with Gasteiger partial charge in [0.1, 0.15) is 6.54 Å². The molecule has 0 aromatic carbocycles. The van der Waals surface area contributed by atoms with Crippen LogP contribution >= 0.6 is 0 Å². The van der Waals surface area contributed by atoms with Crippen LogP contribution in [0.3, 0.4) is 0 Å². The molecule has 0 bridgehead atoms. The van der Waals surface area contributed by atoms with E-state index in [0.717, 1.165) is 4.68 Å². The highest BCUT2D eigenvalue weighted by molar-refractivity contribution is 5.66. The zero-order valence-electron chi connectivity index (χ0n) is 7.23. The highest BCUT2D eigenvalue weighted by Crippen LogP contribution is 2.20. The molecule has 1 rings (SSSR count). The van der Waals surface area contributed by atoms with Crippen molar-refractivity contribution < 1.29 is 14.3 Å². The van der Waals surface area contributed by atoms with Crippen LogP contribution in [-0.4, -0.2) is 31.3 Å². The lowest BCUT2D eigenvalue weighted by molar-refractivity contribution is -0.138. The Hall–Kier alpha value is -1.53. The first-order valence-corrected chi connectivity index (χ1v) is 3.58. The van der Waals surface area contributed by atoms with Gasteiger partial charge in [0.2, 0.25) is 0 Å². The zero-order valence-corrected chi connectivity index (χ0v) is 7.23. The second kappa shape index (κ2) is 3.08. The van der Waals surface area contributed by atoms with E-state index < -0.39 is 18.2 Å². The SMILES string of the molecule is CC(C)(F)c1nnnn1CC(=O)O.